The van der Waals surface area contributed by atoms with Crippen LogP contribution in [0.15, 0.2) is 41.5 Å². The fourth-order valence-electron chi connectivity index (χ4n) is 5.46. The molecular weight excluding hydrogens is 418 g/mol. The Kier molecular flexibility index (Phi) is 6.11. The minimum atomic E-state index is -0.114. The van der Waals surface area contributed by atoms with Gasteiger partial charge in [-0.05, 0) is 50.2 Å². The van der Waals surface area contributed by atoms with Crippen molar-refractivity contribution in [1.82, 2.24) is 30.1 Å². The number of amides is 2. The number of fused-ring (bicyclic) bond motifs is 6. The van der Waals surface area contributed by atoms with Gasteiger partial charge in [-0.3, -0.25) is 23.9 Å². The minimum Gasteiger partial charge on any atom is -0.357 e. The van der Waals surface area contributed by atoms with E-state index in [4.69, 9.17) is 0 Å². The van der Waals surface area contributed by atoms with Gasteiger partial charge in [0.25, 0.3) is 0 Å². The summed E-state index contributed by atoms with van der Waals surface area (Å²) < 4.78 is 2.01. The third kappa shape index (κ3) is 4.12. The van der Waals surface area contributed by atoms with Gasteiger partial charge in [-0.2, -0.15) is 0 Å². The molecule has 1 saturated carbocycles. The van der Waals surface area contributed by atoms with Crippen LogP contribution in [0.1, 0.15) is 32.0 Å². The molecule has 174 valence electrons. The lowest BCUT2D eigenvalue weighted by Crippen LogP contribution is -2.38. The van der Waals surface area contributed by atoms with E-state index >= 15 is 0 Å². The van der Waals surface area contributed by atoms with Crippen LogP contribution in [0.5, 0.6) is 0 Å². The molecule has 3 aliphatic rings. The molecule has 4 unspecified atom stereocenters. The van der Waals surface area contributed by atoms with Gasteiger partial charge in [-0.1, -0.05) is 18.2 Å². The van der Waals surface area contributed by atoms with Crippen molar-refractivity contribution in [2.75, 3.05) is 26.2 Å². The third-order valence-electron chi connectivity index (χ3n) is 6.97. The molecule has 2 fully saturated rings. The van der Waals surface area contributed by atoms with E-state index in [1.807, 2.05) is 35.7 Å². The van der Waals surface area contributed by atoms with Gasteiger partial charge in [0.2, 0.25) is 11.8 Å². The van der Waals surface area contributed by atoms with E-state index < -0.39 is 0 Å². The number of rotatable bonds is 9. The van der Waals surface area contributed by atoms with Gasteiger partial charge >= 0.3 is 0 Å². The van der Waals surface area contributed by atoms with Crippen LogP contribution in [0.25, 0.3) is 5.65 Å². The molecule has 2 aliphatic carbocycles. The molecule has 5 rings (SSSR count). The van der Waals surface area contributed by atoms with E-state index in [2.05, 4.69) is 38.0 Å². The highest BCUT2D eigenvalue weighted by Crippen LogP contribution is 2.52. The Bertz CT molecular complexity index is 1060. The number of guanidine groups is 1. The van der Waals surface area contributed by atoms with Gasteiger partial charge in [0.15, 0.2) is 11.6 Å². The zero-order chi connectivity index (χ0) is 22.8. The van der Waals surface area contributed by atoms with Gasteiger partial charge in [-0.15, -0.1) is 10.2 Å². The molecule has 0 spiro atoms. The summed E-state index contributed by atoms with van der Waals surface area (Å²) in [7, 11) is 0. The van der Waals surface area contributed by atoms with Crippen molar-refractivity contribution in [2.45, 2.75) is 32.6 Å². The Morgan fingerprint density at radius 3 is 2.64 bits per heavy atom. The fourth-order valence-corrected chi connectivity index (χ4v) is 5.46. The van der Waals surface area contributed by atoms with Crippen molar-refractivity contribution in [2.24, 2.45) is 28.7 Å². The van der Waals surface area contributed by atoms with E-state index in [0.29, 0.717) is 19.5 Å². The molecule has 1 saturated heterocycles. The van der Waals surface area contributed by atoms with E-state index in [9.17, 15) is 9.59 Å². The molecule has 1 aliphatic heterocycles. The maximum Gasteiger partial charge on any atom is 0.233 e. The second kappa shape index (κ2) is 9.33. The zero-order valence-corrected chi connectivity index (χ0v) is 19.0. The topological polar surface area (TPSA) is 104 Å². The summed E-state index contributed by atoms with van der Waals surface area (Å²) in [5, 5.41) is 15.1. The Morgan fingerprint density at radius 2 is 1.88 bits per heavy atom. The molecule has 4 atom stereocenters. The summed E-state index contributed by atoms with van der Waals surface area (Å²) >= 11 is 0. The van der Waals surface area contributed by atoms with E-state index in [1.54, 1.807) is 0 Å². The lowest BCUT2D eigenvalue weighted by atomic mass is 9.85. The highest BCUT2D eigenvalue weighted by Gasteiger charge is 2.58. The lowest BCUT2D eigenvalue weighted by molar-refractivity contribution is -0.140. The second-order valence-corrected chi connectivity index (χ2v) is 9.02. The van der Waals surface area contributed by atoms with Crippen LogP contribution in [-0.2, 0) is 16.0 Å². The standard InChI is InChI=1S/C24H31N7O2/c1-2-25-24(26-11-5-8-19-29-28-18-7-3-4-13-30(18)19)27-12-6-14-31-22(32)20-16-9-10-17(15-16)21(20)23(31)33/h3-4,7,9-10,13,16-17,20-21H,2,5-6,8,11-12,14-15H2,1H3,(H2,25,26,27). The first-order valence-electron chi connectivity index (χ1n) is 12.0. The predicted molar refractivity (Wildman–Crippen MR) is 124 cm³/mol. The number of pyridine rings is 1. The van der Waals surface area contributed by atoms with Crippen molar-refractivity contribution in [3.05, 3.63) is 42.4 Å². The van der Waals surface area contributed by atoms with Crippen molar-refractivity contribution in [1.29, 1.82) is 0 Å². The quantitative estimate of drug-likeness (QED) is 0.197. The number of carbonyl (C=O) groups excluding carboxylic acids is 2. The molecule has 0 aromatic carbocycles. The van der Waals surface area contributed by atoms with E-state index in [1.165, 1.54) is 4.90 Å². The number of likely N-dealkylation sites (tertiary alicyclic amines) is 1. The summed E-state index contributed by atoms with van der Waals surface area (Å²) in [6.07, 6.45) is 9.59. The van der Waals surface area contributed by atoms with Crippen molar-refractivity contribution in [3.8, 4) is 0 Å². The molecule has 2 bridgehead atoms. The average Bonchev–Trinajstić information content (AvgIpc) is 3.59. The second-order valence-electron chi connectivity index (χ2n) is 9.02. The highest BCUT2D eigenvalue weighted by atomic mass is 16.2. The summed E-state index contributed by atoms with van der Waals surface area (Å²) in [4.78, 5) is 31.7. The Balaban J connectivity index is 1.07. The number of nitrogens with one attached hydrogen (secondary N) is 2. The minimum absolute atomic E-state index is 0.0249. The van der Waals surface area contributed by atoms with Crippen LogP contribution in [0.4, 0.5) is 0 Å². The summed E-state index contributed by atoms with van der Waals surface area (Å²) in [6.45, 7) is 4.56. The fraction of sp³-hybridized carbons (Fsp3) is 0.542. The number of carbonyl (C=O) groups is 2. The smallest absolute Gasteiger partial charge is 0.233 e. The molecule has 33 heavy (non-hydrogen) atoms. The van der Waals surface area contributed by atoms with Crippen molar-refractivity contribution in [3.63, 3.8) is 0 Å². The van der Waals surface area contributed by atoms with Gasteiger partial charge < -0.3 is 10.6 Å². The largest absolute Gasteiger partial charge is 0.357 e. The maximum atomic E-state index is 12.8. The number of hydrogen-bond donors (Lipinski definition) is 2. The number of allylic oxidation sites excluding steroid dienone is 2. The normalized spacial score (nSPS) is 26.0. The first-order chi connectivity index (χ1) is 16.2. The summed E-state index contributed by atoms with van der Waals surface area (Å²) in [5.41, 5.74) is 0.859. The Morgan fingerprint density at radius 1 is 1.09 bits per heavy atom. The molecule has 2 aromatic rings. The van der Waals surface area contributed by atoms with Crippen LogP contribution in [0, 0.1) is 23.7 Å². The van der Waals surface area contributed by atoms with E-state index in [-0.39, 0.29) is 35.5 Å². The maximum absolute atomic E-state index is 12.8. The van der Waals surface area contributed by atoms with Crippen LogP contribution < -0.4 is 10.6 Å². The molecule has 0 radical (unpaired) electrons. The molecule has 9 heteroatoms. The molecule has 2 amide bonds. The molecule has 2 aromatic heterocycles. The van der Waals surface area contributed by atoms with E-state index in [0.717, 1.165) is 49.8 Å². The predicted octanol–water partition coefficient (Wildman–Crippen LogP) is 1.41. The first kappa shape index (κ1) is 21.6. The SMILES string of the molecule is CCNC(=NCCCN1C(=O)C2C3C=CC(C3)C2C1=O)NCCCc1nnc2ccccn12. The van der Waals surface area contributed by atoms with Crippen LogP contribution in [-0.4, -0.2) is 63.5 Å². The van der Waals surface area contributed by atoms with Gasteiger partial charge in [0.05, 0.1) is 11.8 Å². The number of hydrogen-bond acceptors (Lipinski definition) is 5. The van der Waals surface area contributed by atoms with Crippen molar-refractivity contribution >= 4 is 23.4 Å². The average molecular weight is 450 g/mol. The molecule has 9 nitrogen and oxygen atoms in total. The third-order valence-corrected chi connectivity index (χ3v) is 6.97. The number of imide groups is 1. The highest BCUT2D eigenvalue weighted by molar-refractivity contribution is 6.06. The van der Waals surface area contributed by atoms with Crippen LogP contribution in [0.2, 0.25) is 0 Å². The monoisotopic (exact) mass is 449 g/mol. The lowest BCUT2D eigenvalue weighted by Gasteiger charge is -2.17. The Labute approximate surface area is 193 Å². The first-order valence-corrected chi connectivity index (χ1v) is 12.0. The molecular formula is C24H31N7O2. The van der Waals surface area contributed by atoms with Gasteiger partial charge in [0.1, 0.15) is 5.82 Å². The number of aliphatic imine (C=N–C) groups is 1. The number of nitrogens with zero attached hydrogens (tertiary/aromatic N) is 5. The van der Waals surface area contributed by atoms with Gasteiger partial charge in [-0.25, -0.2) is 0 Å². The van der Waals surface area contributed by atoms with Crippen molar-refractivity contribution < 1.29 is 9.59 Å². The van der Waals surface area contributed by atoms with Gasteiger partial charge in [0, 0.05) is 38.8 Å². The number of aromatic nitrogens is 3. The zero-order valence-electron chi connectivity index (χ0n) is 19.0. The summed E-state index contributed by atoms with van der Waals surface area (Å²) in [5.74, 6) is 2.05. The van der Waals surface area contributed by atoms with Crippen LogP contribution in [0.3, 0.4) is 0 Å². The molecule has 2 N–H and O–H groups in total. The van der Waals surface area contributed by atoms with Crippen LogP contribution >= 0.6 is 0 Å². The molecule has 3 heterocycles. The summed E-state index contributed by atoms with van der Waals surface area (Å²) in [6, 6.07) is 5.88. The number of aryl methyl sites for hydroxylation is 1. The Hall–Kier alpha value is -3.23.